The number of nitrogens with zero attached hydrogens (tertiary/aromatic N) is 1. The van der Waals surface area contributed by atoms with Gasteiger partial charge in [0, 0.05) is 24.7 Å². The molecule has 1 heterocycles. The van der Waals surface area contributed by atoms with E-state index in [2.05, 4.69) is 0 Å². The number of sulfonamides is 1. The summed E-state index contributed by atoms with van der Waals surface area (Å²) in [5, 5.41) is 9.45. The third-order valence-corrected chi connectivity index (χ3v) is 8.19. The summed E-state index contributed by atoms with van der Waals surface area (Å²) in [7, 11) is -1.31. The molecular formula is C21H30N2O6S2. The summed E-state index contributed by atoms with van der Waals surface area (Å²) in [6.07, 6.45) is 1.38. The molecule has 0 saturated carbocycles. The third kappa shape index (κ3) is 5.32. The maximum atomic E-state index is 13.3. The molecule has 172 valence electrons. The Labute approximate surface area is 189 Å². The van der Waals surface area contributed by atoms with Gasteiger partial charge < -0.3 is 9.47 Å². The Kier molecular flexibility index (Phi) is 8.75. The van der Waals surface area contributed by atoms with Gasteiger partial charge in [0.1, 0.15) is 5.56 Å². The number of nitrogens with one attached hydrogen (secondary N) is 1. The largest absolute Gasteiger partial charge is 0.493 e. The van der Waals surface area contributed by atoms with Crippen molar-refractivity contribution in [2.45, 2.75) is 35.3 Å². The first-order chi connectivity index (χ1) is 14.4. The summed E-state index contributed by atoms with van der Waals surface area (Å²) >= 11 is 1.74. The molecule has 1 amide bonds. The second-order valence-corrected chi connectivity index (χ2v) is 9.93. The number of hydrogen-bond donors (Lipinski definition) is 2. The van der Waals surface area contributed by atoms with Crippen molar-refractivity contribution in [3.8, 4) is 11.5 Å². The van der Waals surface area contributed by atoms with Crippen LogP contribution in [-0.2, 0) is 10.0 Å². The number of hydroxylamine groups is 1. The number of thioether (sulfide) groups is 1. The predicted molar refractivity (Wildman–Crippen MR) is 122 cm³/mol. The van der Waals surface area contributed by atoms with E-state index in [9.17, 15) is 13.2 Å². The van der Waals surface area contributed by atoms with E-state index in [-0.39, 0.29) is 30.8 Å². The molecule has 31 heavy (non-hydrogen) atoms. The highest BCUT2D eigenvalue weighted by atomic mass is 32.2. The number of ether oxygens (including phenoxy) is 2. The monoisotopic (exact) mass is 470 g/mol. The van der Waals surface area contributed by atoms with E-state index in [0.717, 1.165) is 4.90 Å². The molecule has 0 unspecified atom stereocenters. The molecular weight excluding hydrogens is 440 g/mol. The molecule has 1 aliphatic rings. The van der Waals surface area contributed by atoms with Gasteiger partial charge in [0.2, 0.25) is 10.0 Å². The summed E-state index contributed by atoms with van der Waals surface area (Å²) in [6.45, 7) is 0.669. The van der Waals surface area contributed by atoms with Crippen LogP contribution in [0.2, 0.25) is 0 Å². The van der Waals surface area contributed by atoms with Gasteiger partial charge in [-0.2, -0.15) is 4.31 Å². The van der Waals surface area contributed by atoms with Gasteiger partial charge in [0.15, 0.2) is 11.5 Å². The first-order valence-corrected chi connectivity index (χ1v) is 11.7. The lowest BCUT2D eigenvalue weighted by Crippen LogP contribution is -2.40. The number of carbonyl (C=O) groups is 1. The van der Waals surface area contributed by atoms with Crippen LogP contribution in [0.3, 0.4) is 0 Å². The molecule has 0 bridgehead atoms. The van der Waals surface area contributed by atoms with Crippen LogP contribution in [0, 0.1) is 0 Å². The van der Waals surface area contributed by atoms with Crippen molar-refractivity contribution < 1.29 is 29.3 Å². The molecule has 0 aromatic heterocycles. The standard InChI is InChI=1S/C20H24N2O6S2.CH4.H2/c1-27-16-8-9-17(18(19(16)28-2)20(23)21-24)30(25,26)22-12-10-15(11-13-22)29-14-6-4-3-5-7-14;;/h3-9,15,24H,10-13H2,1-2H3,(H,21,23);1H4;1H. The number of hydrogen-bond acceptors (Lipinski definition) is 7. The highest BCUT2D eigenvalue weighted by Crippen LogP contribution is 2.38. The molecule has 0 atom stereocenters. The lowest BCUT2D eigenvalue weighted by Gasteiger charge is -2.31. The summed E-state index contributed by atoms with van der Waals surface area (Å²) < 4.78 is 38.4. The Morgan fingerprint density at radius 1 is 1.13 bits per heavy atom. The first kappa shape index (κ1) is 25.0. The minimum Gasteiger partial charge on any atom is -0.493 e. The fourth-order valence-electron chi connectivity index (χ4n) is 3.42. The van der Waals surface area contributed by atoms with Gasteiger partial charge in [-0.05, 0) is 37.1 Å². The third-order valence-electron chi connectivity index (χ3n) is 4.90. The topological polar surface area (TPSA) is 105 Å². The maximum absolute atomic E-state index is 13.3. The number of benzene rings is 2. The lowest BCUT2D eigenvalue weighted by molar-refractivity contribution is 0.0698. The van der Waals surface area contributed by atoms with Crippen molar-refractivity contribution in [1.82, 2.24) is 9.79 Å². The number of amides is 1. The maximum Gasteiger partial charge on any atom is 0.279 e. The summed E-state index contributed by atoms with van der Waals surface area (Å²) in [6, 6.07) is 12.7. The van der Waals surface area contributed by atoms with Crippen molar-refractivity contribution in [2.24, 2.45) is 0 Å². The van der Waals surface area contributed by atoms with Gasteiger partial charge in [0.25, 0.3) is 5.91 Å². The molecule has 1 aliphatic heterocycles. The van der Waals surface area contributed by atoms with E-state index in [0.29, 0.717) is 31.2 Å². The van der Waals surface area contributed by atoms with Crippen molar-refractivity contribution >= 4 is 27.7 Å². The van der Waals surface area contributed by atoms with E-state index in [1.807, 2.05) is 30.3 Å². The molecule has 2 N–H and O–H groups in total. The van der Waals surface area contributed by atoms with Crippen LogP contribution in [0.15, 0.2) is 52.3 Å². The van der Waals surface area contributed by atoms with Crippen molar-refractivity contribution in [2.75, 3.05) is 27.3 Å². The number of carbonyl (C=O) groups excluding carboxylic acids is 1. The van der Waals surface area contributed by atoms with Crippen LogP contribution >= 0.6 is 11.8 Å². The highest BCUT2D eigenvalue weighted by Gasteiger charge is 2.35. The quantitative estimate of drug-likeness (QED) is 0.470. The Morgan fingerprint density at radius 2 is 1.77 bits per heavy atom. The van der Waals surface area contributed by atoms with E-state index in [1.165, 1.54) is 36.1 Å². The lowest BCUT2D eigenvalue weighted by atomic mass is 10.1. The highest BCUT2D eigenvalue weighted by molar-refractivity contribution is 8.00. The SMILES string of the molecule is C.COc1ccc(S(=O)(=O)N2CCC(Sc3ccccc3)CC2)c(C(=O)NO)c1OC.[HH]. The van der Waals surface area contributed by atoms with Crippen molar-refractivity contribution in [3.05, 3.63) is 48.0 Å². The normalized spacial score (nSPS) is 15.1. The summed E-state index contributed by atoms with van der Waals surface area (Å²) in [5.74, 6) is -0.855. The Hall–Kier alpha value is -2.27. The minimum absolute atomic E-state index is 0. The zero-order valence-electron chi connectivity index (χ0n) is 16.7. The van der Waals surface area contributed by atoms with Gasteiger partial charge in [-0.15, -0.1) is 11.8 Å². The zero-order valence-corrected chi connectivity index (χ0v) is 18.3. The van der Waals surface area contributed by atoms with Crippen LogP contribution in [-0.4, -0.2) is 56.4 Å². The van der Waals surface area contributed by atoms with Crippen molar-refractivity contribution in [1.29, 1.82) is 0 Å². The average molecular weight is 471 g/mol. The second kappa shape index (κ2) is 10.9. The summed E-state index contributed by atoms with van der Waals surface area (Å²) in [4.78, 5) is 13.2. The van der Waals surface area contributed by atoms with Crippen molar-refractivity contribution in [3.63, 3.8) is 0 Å². The van der Waals surface area contributed by atoms with Crippen LogP contribution in [0.4, 0.5) is 0 Å². The van der Waals surface area contributed by atoms with Gasteiger partial charge in [0.05, 0.1) is 19.1 Å². The molecule has 2 aromatic rings. The van der Waals surface area contributed by atoms with Crippen LogP contribution in [0.1, 0.15) is 32.1 Å². The number of methoxy groups -OCH3 is 2. The molecule has 3 rings (SSSR count). The van der Waals surface area contributed by atoms with Gasteiger partial charge >= 0.3 is 0 Å². The average Bonchev–Trinajstić information content (AvgIpc) is 2.78. The molecule has 2 aromatic carbocycles. The first-order valence-electron chi connectivity index (χ1n) is 9.33. The molecule has 0 aliphatic carbocycles. The molecule has 10 heteroatoms. The van der Waals surface area contributed by atoms with E-state index >= 15 is 0 Å². The molecule has 1 fully saturated rings. The molecule has 0 spiro atoms. The second-order valence-electron chi connectivity index (χ2n) is 6.65. The van der Waals surface area contributed by atoms with E-state index < -0.39 is 15.9 Å². The fraction of sp³-hybridized carbons (Fsp3) is 0.381. The summed E-state index contributed by atoms with van der Waals surface area (Å²) in [5.41, 5.74) is 1.20. The fourth-order valence-corrected chi connectivity index (χ4v) is 6.21. The zero-order chi connectivity index (χ0) is 21.7. The molecule has 8 nitrogen and oxygen atoms in total. The Balaban J connectivity index is 0.00000256. The van der Waals surface area contributed by atoms with E-state index in [1.54, 1.807) is 11.8 Å². The van der Waals surface area contributed by atoms with Gasteiger partial charge in [-0.1, -0.05) is 25.6 Å². The minimum atomic E-state index is -3.99. The van der Waals surface area contributed by atoms with Crippen LogP contribution < -0.4 is 15.0 Å². The Morgan fingerprint density at radius 3 is 2.32 bits per heavy atom. The van der Waals surface area contributed by atoms with Gasteiger partial charge in [-0.3, -0.25) is 10.0 Å². The number of rotatable bonds is 7. The van der Waals surface area contributed by atoms with Gasteiger partial charge in [-0.25, -0.2) is 13.9 Å². The van der Waals surface area contributed by atoms with E-state index in [4.69, 9.17) is 14.7 Å². The van der Waals surface area contributed by atoms with Crippen LogP contribution in [0.25, 0.3) is 0 Å². The predicted octanol–water partition coefficient (Wildman–Crippen LogP) is 3.65. The smallest absolute Gasteiger partial charge is 0.279 e. The molecule has 1 saturated heterocycles. The Bertz CT molecular complexity index is 997. The van der Waals surface area contributed by atoms with Crippen LogP contribution in [0.5, 0.6) is 11.5 Å². The number of piperidine rings is 1. The molecule has 0 radical (unpaired) electrons.